The summed E-state index contributed by atoms with van der Waals surface area (Å²) in [4.78, 5) is 11.6. The highest BCUT2D eigenvalue weighted by atomic mass is 32.2. The Labute approximate surface area is 131 Å². The van der Waals surface area contributed by atoms with Crippen LogP contribution in [0, 0.1) is 0 Å². The van der Waals surface area contributed by atoms with Gasteiger partial charge in [0.05, 0.1) is 11.4 Å². The van der Waals surface area contributed by atoms with Crippen molar-refractivity contribution in [2.75, 3.05) is 13.1 Å². The Morgan fingerprint density at radius 3 is 2.68 bits per heavy atom. The van der Waals surface area contributed by atoms with Crippen molar-refractivity contribution in [3.63, 3.8) is 0 Å². The van der Waals surface area contributed by atoms with Gasteiger partial charge in [-0.15, -0.1) is 0 Å². The Balaban J connectivity index is 2.31. The van der Waals surface area contributed by atoms with Crippen LogP contribution in [0.2, 0.25) is 0 Å². The van der Waals surface area contributed by atoms with Crippen molar-refractivity contribution >= 4 is 22.0 Å². The van der Waals surface area contributed by atoms with E-state index in [0.717, 1.165) is 17.5 Å². The molecular weight excluding hydrogens is 300 g/mol. The standard InChI is InChI=1S/C16H22N2O3S/c1-2-3-10-18(12-16(17)19)22(20,21)15-9-8-13-6-4-5-7-14(13)11-15/h4-7,11H,2-3,8-10,12H2,1H3,(H2,17,19). The molecule has 0 aliphatic heterocycles. The molecule has 5 nitrogen and oxygen atoms in total. The molecule has 0 bridgehead atoms. The van der Waals surface area contributed by atoms with Gasteiger partial charge in [0.2, 0.25) is 15.9 Å². The second kappa shape index (κ2) is 7.07. The van der Waals surface area contributed by atoms with Gasteiger partial charge in [0.1, 0.15) is 0 Å². The largest absolute Gasteiger partial charge is 0.369 e. The molecule has 0 saturated carbocycles. The van der Waals surface area contributed by atoms with Gasteiger partial charge >= 0.3 is 0 Å². The highest BCUT2D eigenvalue weighted by Crippen LogP contribution is 2.28. The predicted molar refractivity (Wildman–Crippen MR) is 87.3 cm³/mol. The van der Waals surface area contributed by atoms with Gasteiger partial charge < -0.3 is 5.73 Å². The van der Waals surface area contributed by atoms with Crippen molar-refractivity contribution in [3.8, 4) is 0 Å². The monoisotopic (exact) mass is 322 g/mol. The Bertz CT molecular complexity index is 680. The summed E-state index contributed by atoms with van der Waals surface area (Å²) in [6.45, 7) is 2.03. The maximum atomic E-state index is 12.8. The molecule has 0 fully saturated rings. The summed E-state index contributed by atoms with van der Waals surface area (Å²) in [7, 11) is -3.64. The first-order valence-corrected chi connectivity index (χ1v) is 8.96. The van der Waals surface area contributed by atoms with E-state index < -0.39 is 15.9 Å². The SMILES string of the molecule is CCCCN(CC(N)=O)S(=O)(=O)C1=Cc2ccccc2CC1. The predicted octanol–water partition coefficient (Wildman–Crippen LogP) is 1.89. The molecule has 1 aromatic carbocycles. The molecular formula is C16H22N2O3S. The van der Waals surface area contributed by atoms with E-state index in [-0.39, 0.29) is 6.54 Å². The molecule has 1 amide bonds. The third-order valence-electron chi connectivity index (χ3n) is 3.78. The number of hydrogen-bond acceptors (Lipinski definition) is 3. The smallest absolute Gasteiger partial charge is 0.239 e. The molecule has 1 aliphatic carbocycles. The van der Waals surface area contributed by atoms with Crippen LogP contribution in [0.25, 0.3) is 6.08 Å². The number of nitrogens with two attached hydrogens (primary N) is 1. The average Bonchev–Trinajstić information content (AvgIpc) is 2.50. The number of sulfonamides is 1. The molecule has 0 saturated heterocycles. The van der Waals surface area contributed by atoms with Gasteiger partial charge in [-0.1, -0.05) is 37.6 Å². The molecule has 0 aromatic heterocycles. The average molecular weight is 322 g/mol. The number of unbranched alkanes of at least 4 members (excludes halogenated alkanes) is 1. The van der Waals surface area contributed by atoms with Gasteiger partial charge in [0, 0.05) is 6.54 Å². The van der Waals surface area contributed by atoms with E-state index >= 15 is 0 Å². The third kappa shape index (κ3) is 3.75. The normalized spacial score (nSPS) is 14.5. The van der Waals surface area contributed by atoms with Crippen molar-refractivity contribution in [2.24, 2.45) is 5.73 Å². The molecule has 120 valence electrons. The van der Waals surface area contributed by atoms with Crippen molar-refractivity contribution in [1.82, 2.24) is 4.31 Å². The van der Waals surface area contributed by atoms with E-state index in [4.69, 9.17) is 5.73 Å². The Morgan fingerprint density at radius 1 is 1.27 bits per heavy atom. The number of hydrogen-bond donors (Lipinski definition) is 1. The van der Waals surface area contributed by atoms with Gasteiger partial charge in [-0.25, -0.2) is 8.42 Å². The van der Waals surface area contributed by atoms with Crippen LogP contribution in [0.15, 0.2) is 29.2 Å². The van der Waals surface area contributed by atoms with Crippen LogP contribution in [-0.2, 0) is 21.2 Å². The topological polar surface area (TPSA) is 80.5 Å². The maximum absolute atomic E-state index is 12.8. The van der Waals surface area contributed by atoms with E-state index in [1.54, 1.807) is 6.08 Å². The number of primary amides is 1. The molecule has 0 spiro atoms. The van der Waals surface area contributed by atoms with Gasteiger partial charge in [0.15, 0.2) is 0 Å². The second-order valence-corrected chi connectivity index (χ2v) is 7.46. The zero-order chi connectivity index (χ0) is 16.2. The van der Waals surface area contributed by atoms with Crippen LogP contribution in [-0.4, -0.2) is 31.7 Å². The molecule has 0 heterocycles. The maximum Gasteiger partial charge on any atom is 0.239 e. The molecule has 6 heteroatoms. The lowest BCUT2D eigenvalue weighted by molar-refractivity contribution is -0.118. The number of nitrogens with zero attached hydrogens (tertiary/aromatic N) is 1. The summed E-state index contributed by atoms with van der Waals surface area (Å²) in [5.74, 6) is -0.628. The summed E-state index contributed by atoms with van der Waals surface area (Å²) in [5, 5.41) is 0. The zero-order valence-corrected chi connectivity index (χ0v) is 13.6. The second-order valence-electron chi connectivity index (χ2n) is 5.47. The lowest BCUT2D eigenvalue weighted by atomic mass is 9.98. The fourth-order valence-electron chi connectivity index (χ4n) is 2.57. The van der Waals surface area contributed by atoms with Crippen LogP contribution in [0.4, 0.5) is 0 Å². The van der Waals surface area contributed by atoms with E-state index in [1.807, 2.05) is 31.2 Å². The first-order chi connectivity index (χ1) is 10.4. The Kier molecular flexibility index (Phi) is 5.37. The minimum absolute atomic E-state index is 0.263. The lowest BCUT2D eigenvalue weighted by Crippen LogP contribution is -2.39. The van der Waals surface area contributed by atoms with E-state index in [9.17, 15) is 13.2 Å². The van der Waals surface area contributed by atoms with Crippen molar-refractivity contribution in [3.05, 3.63) is 40.3 Å². The molecule has 0 radical (unpaired) electrons. The van der Waals surface area contributed by atoms with Crippen LogP contribution in [0.5, 0.6) is 0 Å². The number of allylic oxidation sites excluding steroid dienone is 1. The Hall–Kier alpha value is -1.66. The van der Waals surface area contributed by atoms with E-state index in [0.29, 0.717) is 30.7 Å². The minimum Gasteiger partial charge on any atom is -0.369 e. The minimum atomic E-state index is -3.64. The first kappa shape index (κ1) is 16.7. The molecule has 1 aliphatic rings. The highest BCUT2D eigenvalue weighted by molar-refractivity contribution is 7.93. The molecule has 0 atom stereocenters. The zero-order valence-electron chi connectivity index (χ0n) is 12.8. The van der Waals surface area contributed by atoms with Gasteiger partial charge in [-0.2, -0.15) is 4.31 Å². The molecule has 0 unspecified atom stereocenters. The van der Waals surface area contributed by atoms with Crippen LogP contribution >= 0.6 is 0 Å². The van der Waals surface area contributed by atoms with Crippen molar-refractivity contribution in [2.45, 2.75) is 32.6 Å². The summed E-state index contributed by atoms with van der Waals surface area (Å²) < 4.78 is 26.8. The highest BCUT2D eigenvalue weighted by Gasteiger charge is 2.29. The van der Waals surface area contributed by atoms with E-state index in [1.165, 1.54) is 4.31 Å². The number of aryl methyl sites for hydroxylation is 1. The summed E-state index contributed by atoms with van der Waals surface area (Å²) >= 11 is 0. The number of amides is 1. The summed E-state index contributed by atoms with van der Waals surface area (Å²) in [6.07, 6.45) is 4.43. The summed E-state index contributed by atoms with van der Waals surface area (Å²) in [5.41, 5.74) is 7.29. The molecule has 2 rings (SSSR count). The van der Waals surface area contributed by atoms with Crippen LogP contribution in [0.1, 0.15) is 37.3 Å². The fraction of sp³-hybridized carbons (Fsp3) is 0.438. The number of rotatable bonds is 7. The number of benzene rings is 1. The fourth-order valence-corrected chi connectivity index (χ4v) is 4.20. The van der Waals surface area contributed by atoms with Gasteiger partial charge in [-0.05, 0) is 36.5 Å². The van der Waals surface area contributed by atoms with Gasteiger partial charge in [-0.3, -0.25) is 4.79 Å². The quantitative estimate of drug-likeness (QED) is 0.832. The van der Waals surface area contributed by atoms with Crippen molar-refractivity contribution in [1.29, 1.82) is 0 Å². The third-order valence-corrected chi connectivity index (χ3v) is 5.75. The number of carbonyl (C=O) groups is 1. The lowest BCUT2D eigenvalue weighted by Gasteiger charge is -2.24. The summed E-state index contributed by atoms with van der Waals surface area (Å²) in [6, 6.07) is 7.76. The van der Waals surface area contributed by atoms with Gasteiger partial charge in [0.25, 0.3) is 0 Å². The van der Waals surface area contributed by atoms with Crippen LogP contribution < -0.4 is 5.73 Å². The first-order valence-electron chi connectivity index (χ1n) is 7.52. The molecule has 1 aromatic rings. The molecule has 2 N–H and O–H groups in total. The number of carbonyl (C=O) groups excluding carboxylic acids is 1. The number of fused-ring (bicyclic) bond motifs is 1. The van der Waals surface area contributed by atoms with Crippen LogP contribution in [0.3, 0.4) is 0 Å². The van der Waals surface area contributed by atoms with E-state index in [2.05, 4.69) is 0 Å². The Morgan fingerprint density at radius 2 is 2.00 bits per heavy atom. The van der Waals surface area contributed by atoms with Crippen molar-refractivity contribution < 1.29 is 13.2 Å². The molecule has 22 heavy (non-hydrogen) atoms.